The van der Waals surface area contributed by atoms with E-state index in [0.29, 0.717) is 5.75 Å². The molecule has 1 atom stereocenters. The summed E-state index contributed by atoms with van der Waals surface area (Å²) in [4.78, 5) is 0. The summed E-state index contributed by atoms with van der Waals surface area (Å²) in [5.74, 6) is 0.302. The van der Waals surface area contributed by atoms with Gasteiger partial charge in [0.15, 0.2) is 11.6 Å². The average molecular weight is 389 g/mol. The molecule has 0 bridgehead atoms. The van der Waals surface area contributed by atoms with Crippen LogP contribution in [0.15, 0.2) is 45.3 Å². The summed E-state index contributed by atoms with van der Waals surface area (Å²) in [6, 6.07) is 9.99. The molecule has 0 fully saturated rings. The second-order valence-corrected chi connectivity index (χ2v) is 5.93. The predicted molar refractivity (Wildman–Crippen MR) is 80.9 cm³/mol. The van der Waals surface area contributed by atoms with Gasteiger partial charge in [0.2, 0.25) is 0 Å². The molecule has 2 aromatic rings. The summed E-state index contributed by atoms with van der Waals surface area (Å²) in [5, 5.41) is 0. The largest absolute Gasteiger partial charge is 0.453 e. The van der Waals surface area contributed by atoms with Crippen molar-refractivity contribution in [2.75, 3.05) is 0 Å². The van der Waals surface area contributed by atoms with Gasteiger partial charge in [-0.15, -0.1) is 0 Å². The molecule has 19 heavy (non-hydrogen) atoms. The number of ether oxygens (including phenoxy) is 1. The third-order valence-corrected chi connectivity index (χ3v) is 3.71. The smallest absolute Gasteiger partial charge is 0.165 e. The molecule has 0 radical (unpaired) electrons. The minimum atomic E-state index is -0.411. The van der Waals surface area contributed by atoms with Gasteiger partial charge in [0.05, 0.1) is 4.47 Å². The molecule has 0 aliphatic heterocycles. The molecule has 0 aromatic heterocycles. The molecule has 0 amide bonds. The summed E-state index contributed by atoms with van der Waals surface area (Å²) in [6.07, 6.45) is 0. The molecule has 0 aliphatic carbocycles. The summed E-state index contributed by atoms with van der Waals surface area (Å²) in [7, 11) is 0. The van der Waals surface area contributed by atoms with E-state index in [2.05, 4.69) is 31.9 Å². The summed E-state index contributed by atoms with van der Waals surface area (Å²) in [5.41, 5.74) is 6.78. The fourth-order valence-electron chi connectivity index (χ4n) is 1.56. The highest BCUT2D eigenvalue weighted by Gasteiger charge is 2.10. The van der Waals surface area contributed by atoms with Crippen LogP contribution >= 0.6 is 31.9 Å². The van der Waals surface area contributed by atoms with Crippen LogP contribution in [0.2, 0.25) is 0 Å². The van der Waals surface area contributed by atoms with Crippen LogP contribution in [0, 0.1) is 5.82 Å². The van der Waals surface area contributed by atoms with Crippen molar-refractivity contribution in [2.45, 2.75) is 13.0 Å². The minimum absolute atomic E-state index is 0.0621. The summed E-state index contributed by atoms with van der Waals surface area (Å²) >= 11 is 6.69. The van der Waals surface area contributed by atoms with Crippen LogP contribution < -0.4 is 10.5 Å². The lowest BCUT2D eigenvalue weighted by Gasteiger charge is -2.12. The van der Waals surface area contributed by atoms with E-state index in [9.17, 15) is 4.39 Å². The van der Waals surface area contributed by atoms with Crippen LogP contribution in [-0.4, -0.2) is 0 Å². The van der Waals surface area contributed by atoms with Crippen molar-refractivity contribution in [1.29, 1.82) is 0 Å². The van der Waals surface area contributed by atoms with Crippen LogP contribution in [0.4, 0.5) is 4.39 Å². The minimum Gasteiger partial charge on any atom is -0.453 e. The topological polar surface area (TPSA) is 35.2 Å². The Balaban J connectivity index is 2.31. The molecule has 0 aliphatic rings. The fourth-order valence-corrected chi connectivity index (χ4v) is 2.37. The first-order chi connectivity index (χ1) is 8.97. The van der Waals surface area contributed by atoms with E-state index < -0.39 is 5.82 Å². The Bertz CT molecular complexity index is 602. The first-order valence-electron chi connectivity index (χ1n) is 5.65. The fraction of sp³-hybridized carbons (Fsp3) is 0.143. The Morgan fingerprint density at radius 3 is 2.47 bits per heavy atom. The van der Waals surface area contributed by atoms with Gasteiger partial charge in [-0.05, 0) is 58.7 Å². The maximum absolute atomic E-state index is 13.6. The van der Waals surface area contributed by atoms with Gasteiger partial charge < -0.3 is 10.5 Å². The number of hydrogen-bond donors (Lipinski definition) is 1. The SMILES string of the molecule is C[C@@H](N)c1ccc(Oc2cc(Br)ccc2F)c(Br)c1. The third-order valence-electron chi connectivity index (χ3n) is 2.59. The first kappa shape index (κ1) is 14.5. The van der Waals surface area contributed by atoms with E-state index in [0.717, 1.165) is 14.5 Å². The highest BCUT2D eigenvalue weighted by molar-refractivity contribution is 9.10. The molecule has 2 aromatic carbocycles. The normalized spacial score (nSPS) is 12.3. The molecule has 2 rings (SSSR count). The van der Waals surface area contributed by atoms with Crippen LogP contribution in [0.1, 0.15) is 18.5 Å². The molecule has 0 unspecified atom stereocenters. The second-order valence-electron chi connectivity index (χ2n) is 4.16. The molecule has 0 heterocycles. The highest BCUT2D eigenvalue weighted by atomic mass is 79.9. The van der Waals surface area contributed by atoms with E-state index in [-0.39, 0.29) is 11.8 Å². The van der Waals surface area contributed by atoms with Gasteiger partial charge in [-0.25, -0.2) is 4.39 Å². The molecule has 100 valence electrons. The lowest BCUT2D eigenvalue weighted by Crippen LogP contribution is -2.04. The predicted octanol–water partition coefficient (Wildman–Crippen LogP) is 5.16. The number of rotatable bonds is 3. The van der Waals surface area contributed by atoms with Crippen molar-refractivity contribution >= 4 is 31.9 Å². The van der Waals surface area contributed by atoms with Crippen molar-refractivity contribution in [3.63, 3.8) is 0 Å². The quantitative estimate of drug-likeness (QED) is 0.787. The lowest BCUT2D eigenvalue weighted by atomic mass is 10.1. The van der Waals surface area contributed by atoms with Crippen LogP contribution in [0.3, 0.4) is 0 Å². The number of nitrogens with two attached hydrogens (primary N) is 1. The Kier molecular flexibility index (Phi) is 4.60. The Labute approximate surface area is 128 Å². The van der Waals surface area contributed by atoms with Gasteiger partial charge in [0, 0.05) is 10.5 Å². The van der Waals surface area contributed by atoms with Gasteiger partial charge in [-0.2, -0.15) is 0 Å². The summed E-state index contributed by atoms with van der Waals surface area (Å²) in [6.45, 7) is 1.90. The number of halogens is 3. The zero-order valence-corrected chi connectivity index (χ0v) is 13.3. The molecule has 0 saturated carbocycles. The Hall–Kier alpha value is -0.910. The van der Waals surface area contributed by atoms with Gasteiger partial charge in [-0.3, -0.25) is 0 Å². The zero-order valence-electron chi connectivity index (χ0n) is 10.2. The van der Waals surface area contributed by atoms with E-state index in [1.54, 1.807) is 18.2 Å². The second kappa shape index (κ2) is 6.03. The van der Waals surface area contributed by atoms with Gasteiger partial charge in [-0.1, -0.05) is 22.0 Å². The van der Waals surface area contributed by atoms with E-state index in [1.165, 1.54) is 6.07 Å². The van der Waals surface area contributed by atoms with Gasteiger partial charge in [0.25, 0.3) is 0 Å². The Morgan fingerprint density at radius 2 is 1.84 bits per heavy atom. The molecule has 0 saturated heterocycles. The molecule has 2 N–H and O–H groups in total. The molecule has 2 nitrogen and oxygen atoms in total. The van der Waals surface area contributed by atoms with Crippen molar-refractivity contribution in [1.82, 2.24) is 0 Å². The lowest BCUT2D eigenvalue weighted by molar-refractivity contribution is 0.439. The average Bonchev–Trinajstić information content (AvgIpc) is 2.36. The maximum Gasteiger partial charge on any atom is 0.165 e. The molecular formula is C14H12Br2FNO. The van der Waals surface area contributed by atoms with Crippen LogP contribution in [-0.2, 0) is 0 Å². The number of benzene rings is 2. The van der Waals surface area contributed by atoms with Crippen LogP contribution in [0.25, 0.3) is 0 Å². The molecular weight excluding hydrogens is 377 g/mol. The standard InChI is InChI=1S/C14H12Br2FNO/c1-8(18)9-2-5-13(11(16)6-9)19-14-7-10(15)3-4-12(14)17/h2-8H,18H2,1H3/t8-/m1/s1. The zero-order chi connectivity index (χ0) is 14.0. The third kappa shape index (κ3) is 3.55. The number of hydrogen-bond acceptors (Lipinski definition) is 2. The van der Waals surface area contributed by atoms with Crippen molar-refractivity contribution in [3.05, 3.63) is 56.7 Å². The van der Waals surface area contributed by atoms with E-state index >= 15 is 0 Å². The van der Waals surface area contributed by atoms with E-state index in [4.69, 9.17) is 10.5 Å². The summed E-state index contributed by atoms with van der Waals surface area (Å²) < 4.78 is 20.7. The van der Waals surface area contributed by atoms with Crippen molar-refractivity contribution < 1.29 is 9.13 Å². The van der Waals surface area contributed by atoms with E-state index in [1.807, 2.05) is 19.1 Å². The maximum atomic E-state index is 13.6. The first-order valence-corrected chi connectivity index (χ1v) is 7.24. The van der Waals surface area contributed by atoms with Gasteiger partial charge in [0.1, 0.15) is 5.75 Å². The highest BCUT2D eigenvalue weighted by Crippen LogP contribution is 2.33. The molecule has 5 heteroatoms. The monoisotopic (exact) mass is 387 g/mol. The van der Waals surface area contributed by atoms with Gasteiger partial charge >= 0.3 is 0 Å². The van der Waals surface area contributed by atoms with Crippen molar-refractivity contribution in [3.8, 4) is 11.5 Å². The van der Waals surface area contributed by atoms with Crippen LogP contribution in [0.5, 0.6) is 11.5 Å². The van der Waals surface area contributed by atoms with Crippen molar-refractivity contribution in [2.24, 2.45) is 5.73 Å². The Morgan fingerprint density at radius 1 is 1.11 bits per heavy atom. The molecule has 0 spiro atoms.